The van der Waals surface area contributed by atoms with Crippen LogP contribution in [0.2, 0.25) is 0 Å². The van der Waals surface area contributed by atoms with Crippen LogP contribution in [-0.2, 0) is 5.41 Å². The fourth-order valence-corrected chi connectivity index (χ4v) is 7.81. The van der Waals surface area contributed by atoms with Gasteiger partial charge in [0.25, 0.3) is 0 Å². The zero-order valence-corrected chi connectivity index (χ0v) is 24.3. The summed E-state index contributed by atoms with van der Waals surface area (Å²) in [5.74, 6) is 0.236. The highest BCUT2D eigenvalue weighted by molar-refractivity contribution is 6.10. The lowest BCUT2D eigenvalue weighted by Gasteiger charge is -2.36. The molecule has 3 heteroatoms. The Morgan fingerprint density at radius 1 is 0.698 bits per heavy atom. The molecule has 0 bridgehead atoms. The Bertz CT molecular complexity index is 2280. The first-order chi connectivity index (χ1) is 21.1. The van der Waals surface area contributed by atoms with Gasteiger partial charge < -0.3 is 9.13 Å². The molecule has 3 nitrogen and oxygen atoms in total. The molecule has 3 heterocycles. The number of para-hydroxylation sites is 2. The molecule has 5 aromatic carbocycles. The van der Waals surface area contributed by atoms with Gasteiger partial charge in [0.05, 0.1) is 22.6 Å². The number of rotatable bonds is 2. The summed E-state index contributed by atoms with van der Waals surface area (Å²) >= 11 is 0. The lowest BCUT2D eigenvalue weighted by molar-refractivity contribution is 0.388. The number of allylic oxidation sites excluding steroid dienone is 1. The first-order valence-electron chi connectivity index (χ1n) is 15.1. The van der Waals surface area contributed by atoms with E-state index < -0.39 is 0 Å². The molecule has 43 heavy (non-hydrogen) atoms. The Morgan fingerprint density at radius 3 is 2.40 bits per heavy atom. The van der Waals surface area contributed by atoms with Gasteiger partial charge >= 0.3 is 0 Å². The van der Waals surface area contributed by atoms with Crippen LogP contribution >= 0.6 is 0 Å². The first-order valence-corrected chi connectivity index (χ1v) is 15.1. The second-order valence-corrected chi connectivity index (χ2v) is 12.5. The molecule has 7 aromatic rings. The van der Waals surface area contributed by atoms with E-state index in [0.717, 1.165) is 5.69 Å². The van der Waals surface area contributed by atoms with Gasteiger partial charge in [-0.3, -0.25) is 4.99 Å². The third-order valence-electron chi connectivity index (χ3n) is 9.82. The van der Waals surface area contributed by atoms with Crippen LogP contribution in [0.15, 0.2) is 139 Å². The molecule has 0 amide bonds. The molecule has 0 N–H and O–H groups in total. The number of hydrogen-bond acceptors (Lipinski definition) is 1. The summed E-state index contributed by atoms with van der Waals surface area (Å²) in [7, 11) is 0. The smallest absolute Gasteiger partial charge is 0.0694 e. The summed E-state index contributed by atoms with van der Waals surface area (Å²) in [6, 6.07) is 42.4. The largest absolute Gasteiger partial charge is 0.316 e. The average Bonchev–Trinajstić information content (AvgIpc) is 3.62. The highest BCUT2D eigenvalue weighted by Gasteiger charge is 2.43. The zero-order chi connectivity index (χ0) is 28.7. The van der Waals surface area contributed by atoms with Crippen molar-refractivity contribution in [1.82, 2.24) is 9.13 Å². The zero-order valence-electron chi connectivity index (χ0n) is 24.3. The first kappa shape index (κ1) is 24.4. The van der Waals surface area contributed by atoms with Crippen LogP contribution in [0.3, 0.4) is 0 Å². The Morgan fingerprint density at radius 2 is 1.49 bits per heavy atom. The van der Waals surface area contributed by atoms with Gasteiger partial charge in [-0.2, -0.15) is 0 Å². The van der Waals surface area contributed by atoms with E-state index in [0.29, 0.717) is 0 Å². The van der Waals surface area contributed by atoms with E-state index in [2.05, 4.69) is 157 Å². The normalized spacial score (nSPS) is 18.5. The number of nitrogens with zero attached hydrogens (tertiary/aromatic N) is 3. The summed E-state index contributed by atoms with van der Waals surface area (Å²) in [4.78, 5) is 5.08. The minimum absolute atomic E-state index is 0.138. The minimum Gasteiger partial charge on any atom is -0.316 e. The summed E-state index contributed by atoms with van der Waals surface area (Å²) < 4.78 is 4.80. The molecule has 0 spiro atoms. The van der Waals surface area contributed by atoms with E-state index in [1.54, 1.807) is 0 Å². The second-order valence-electron chi connectivity index (χ2n) is 12.5. The number of aromatic nitrogens is 2. The van der Waals surface area contributed by atoms with Crippen LogP contribution in [0.5, 0.6) is 0 Å². The van der Waals surface area contributed by atoms with Gasteiger partial charge in [-0.05, 0) is 59.2 Å². The molecule has 1 aliphatic carbocycles. The van der Waals surface area contributed by atoms with Crippen LogP contribution in [0.25, 0.3) is 55.2 Å². The van der Waals surface area contributed by atoms with Crippen molar-refractivity contribution in [2.75, 3.05) is 0 Å². The predicted molar refractivity (Wildman–Crippen MR) is 180 cm³/mol. The summed E-state index contributed by atoms with van der Waals surface area (Å²) in [5.41, 5.74) is 11.2. The van der Waals surface area contributed by atoms with Gasteiger partial charge in [0.15, 0.2) is 0 Å². The number of dihydropyridines is 1. The number of hydrogen-bond donors (Lipinski definition) is 0. The second kappa shape index (κ2) is 8.92. The van der Waals surface area contributed by atoms with Crippen molar-refractivity contribution in [2.24, 2.45) is 4.99 Å². The van der Waals surface area contributed by atoms with Crippen LogP contribution in [-0.4, -0.2) is 21.4 Å². The van der Waals surface area contributed by atoms with Gasteiger partial charge in [-0.15, -0.1) is 0 Å². The van der Waals surface area contributed by atoms with Crippen molar-refractivity contribution < 1.29 is 0 Å². The third-order valence-corrected chi connectivity index (χ3v) is 9.82. The fourth-order valence-electron chi connectivity index (χ4n) is 7.81. The Balaban J connectivity index is 1.36. The molecular weight excluding hydrogens is 522 g/mol. The number of fused-ring (bicyclic) bond motifs is 10. The quantitative estimate of drug-likeness (QED) is 0.203. The monoisotopic (exact) mass is 553 g/mol. The SMILES string of the molecule is CC1(C)c2ccc3ccn(-c4ccc5c6ccccc6n(-c6ccccc6)c5c4)c3c2-c2ccccc2C2C=CC=NC21. The van der Waals surface area contributed by atoms with E-state index >= 15 is 0 Å². The Labute approximate surface area is 251 Å². The minimum atomic E-state index is -0.159. The summed E-state index contributed by atoms with van der Waals surface area (Å²) in [6.07, 6.45) is 8.69. The van der Waals surface area contributed by atoms with Crippen molar-refractivity contribution in [3.63, 3.8) is 0 Å². The Hall–Kier alpha value is -5.15. The van der Waals surface area contributed by atoms with E-state index in [1.807, 2.05) is 6.21 Å². The summed E-state index contributed by atoms with van der Waals surface area (Å²) in [6.45, 7) is 4.74. The van der Waals surface area contributed by atoms with Crippen molar-refractivity contribution in [1.29, 1.82) is 0 Å². The molecule has 0 saturated carbocycles. The molecular formula is C40H31N3. The van der Waals surface area contributed by atoms with Crippen LogP contribution in [0.1, 0.15) is 30.9 Å². The van der Waals surface area contributed by atoms with Crippen LogP contribution in [0.4, 0.5) is 0 Å². The molecule has 206 valence electrons. The highest BCUT2D eigenvalue weighted by Crippen LogP contribution is 2.51. The molecule has 1 aliphatic heterocycles. The van der Waals surface area contributed by atoms with Crippen molar-refractivity contribution in [3.05, 3.63) is 145 Å². The van der Waals surface area contributed by atoms with Crippen LogP contribution in [0, 0.1) is 0 Å². The van der Waals surface area contributed by atoms with Gasteiger partial charge in [0, 0.05) is 56.8 Å². The predicted octanol–water partition coefficient (Wildman–Crippen LogP) is 9.78. The standard InChI is InChI=1S/C40H31N3/c1-40(2)34-21-18-26-22-24-42(38(26)37(34)32-15-7-6-13-29(32)33-16-10-23-41-39(33)40)28-19-20-31-30-14-8-9-17-35(30)43(36(31)25-28)27-11-4-3-5-12-27/h3-25,33,39H,1-2H3. The van der Waals surface area contributed by atoms with E-state index in [4.69, 9.17) is 4.99 Å². The molecule has 2 aromatic heterocycles. The number of benzene rings is 5. The lowest BCUT2D eigenvalue weighted by atomic mass is 9.71. The summed E-state index contributed by atoms with van der Waals surface area (Å²) in [5, 5.41) is 3.78. The molecule has 0 fully saturated rings. The van der Waals surface area contributed by atoms with Gasteiger partial charge in [-0.25, -0.2) is 0 Å². The fraction of sp³-hybridized carbons (Fsp3) is 0.125. The molecule has 2 aliphatic rings. The lowest BCUT2D eigenvalue weighted by Crippen LogP contribution is -2.36. The molecule has 0 saturated heterocycles. The Kier molecular flexibility index (Phi) is 5.07. The van der Waals surface area contributed by atoms with E-state index in [-0.39, 0.29) is 17.4 Å². The third kappa shape index (κ3) is 3.39. The van der Waals surface area contributed by atoms with Gasteiger partial charge in [0.2, 0.25) is 0 Å². The maximum absolute atomic E-state index is 5.08. The number of aliphatic imine (C=N–C) groups is 1. The van der Waals surface area contributed by atoms with Crippen molar-refractivity contribution >= 4 is 38.9 Å². The highest BCUT2D eigenvalue weighted by atomic mass is 15.0. The van der Waals surface area contributed by atoms with E-state index in [1.165, 1.54) is 60.6 Å². The maximum Gasteiger partial charge on any atom is 0.0694 e. The van der Waals surface area contributed by atoms with Gasteiger partial charge in [0.1, 0.15) is 0 Å². The average molecular weight is 554 g/mol. The molecule has 0 radical (unpaired) electrons. The maximum atomic E-state index is 5.08. The van der Waals surface area contributed by atoms with Gasteiger partial charge in [-0.1, -0.05) is 98.8 Å². The molecule has 2 atom stereocenters. The van der Waals surface area contributed by atoms with Crippen molar-refractivity contribution in [3.8, 4) is 22.5 Å². The van der Waals surface area contributed by atoms with Crippen LogP contribution < -0.4 is 0 Å². The molecule has 9 rings (SSSR count). The molecule has 2 unspecified atom stereocenters. The van der Waals surface area contributed by atoms with E-state index in [9.17, 15) is 0 Å². The topological polar surface area (TPSA) is 22.2 Å². The van der Waals surface area contributed by atoms with Crippen molar-refractivity contribution in [2.45, 2.75) is 31.2 Å².